The van der Waals surface area contributed by atoms with Gasteiger partial charge in [0.05, 0.1) is 24.1 Å². The van der Waals surface area contributed by atoms with Crippen LogP contribution >= 0.6 is 27.7 Å². The minimum atomic E-state index is -0.181. The van der Waals surface area contributed by atoms with Crippen LogP contribution in [0.1, 0.15) is 50.9 Å². The molecular formula is C30H29BrN6O2S. The van der Waals surface area contributed by atoms with E-state index in [9.17, 15) is 9.59 Å². The van der Waals surface area contributed by atoms with Crippen LogP contribution < -0.4 is 5.32 Å². The van der Waals surface area contributed by atoms with Crippen LogP contribution in [0.3, 0.4) is 0 Å². The summed E-state index contributed by atoms with van der Waals surface area (Å²) in [5.41, 5.74) is 5.70. The molecule has 3 aromatic carbocycles. The molecule has 0 aliphatic carbocycles. The molecule has 0 fully saturated rings. The Balaban J connectivity index is 1.27. The number of aryl methyl sites for hydroxylation is 2. The van der Waals surface area contributed by atoms with Gasteiger partial charge in [0, 0.05) is 23.5 Å². The van der Waals surface area contributed by atoms with Gasteiger partial charge in [0.1, 0.15) is 0 Å². The summed E-state index contributed by atoms with van der Waals surface area (Å²) >= 11 is 4.79. The Kier molecular flexibility index (Phi) is 8.46. The smallest absolute Gasteiger partial charge is 0.253 e. The van der Waals surface area contributed by atoms with Crippen LogP contribution in [0.4, 0.5) is 0 Å². The molecular weight excluding hydrogens is 588 g/mol. The molecule has 4 aromatic rings. The van der Waals surface area contributed by atoms with Crippen LogP contribution in [0.2, 0.25) is 0 Å². The number of nitrogens with one attached hydrogen (secondary N) is 1. The lowest BCUT2D eigenvalue weighted by molar-refractivity contribution is -0.130. The summed E-state index contributed by atoms with van der Waals surface area (Å²) < 4.78 is 2.79. The first-order chi connectivity index (χ1) is 19.3. The van der Waals surface area contributed by atoms with E-state index < -0.39 is 0 Å². The molecule has 1 atom stereocenters. The lowest BCUT2D eigenvalue weighted by Gasteiger charge is -2.22. The first-order valence-electron chi connectivity index (χ1n) is 12.9. The number of hydrogen-bond donors (Lipinski definition) is 1. The highest BCUT2D eigenvalue weighted by molar-refractivity contribution is 9.10. The van der Waals surface area contributed by atoms with Gasteiger partial charge in [-0.25, -0.2) is 5.01 Å². The van der Waals surface area contributed by atoms with E-state index in [1.807, 2.05) is 63.4 Å². The van der Waals surface area contributed by atoms with E-state index in [-0.39, 0.29) is 30.2 Å². The molecule has 0 radical (unpaired) electrons. The van der Waals surface area contributed by atoms with Crippen molar-refractivity contribution in [2.45, 2.75) is 38.0 Å². The molecule has 0 saturated carbocycles. The van der Waals surface area contributed by atoms with E-state index in [1.54, 1.807) is 15.6 Å². The zero-order chi connectivity index (χ0) is 28.2. The second kappa shape index (κ2) is 12.2. The van der Waals surface area contributed by atoms with Crippen molar-refractivity contribution in [3.8, 4) is 0 Å². The zero-order valence-electron chi connectivity index (χ0n) is 22.5. The lowest BCUT2D eigenvalue weighted by atomic mass is 9.98. The molecule has 10 heteroatoms. The van der Waals surface area contributed by atoms with Gasteiger partial charge in [-0.15, -0.1) is 10.2 Å². The van der Waals surface area contributed by atoms with Gasteiger partial charge in [-0.1, -0.05) is 87.3 Å². The molecule has 1 aromatic heterocycles. The number of benzene rings is 3. The van der Waals surface area contributed by atoms with Gasteiger partial charge in [-0.2, -0.15) is 5.10 Å². The Hall–Kier alpha value is -3.76. The average molecular weight is 618 g/mol. The Morgan fingerprint density at radius 3 is 2.48 bits per heavy atom. The van der Waals surface area contributed by atoms with E-state index in [2.05, 4.69) is 55.7 Å². The Labute approximate surface area is 246 Å². The highest BCUT2D eigenvalue weighted by atomic mass is 79.9. The minimum Gasteiger partial charge on any atom is -0.345 e. The summed E-state index contributed by atoms with van der Waals surface area (Å²) in [6.45, 7) is 4.22. The number of rotatable bonds is 8. The quantitative estimate of drug-likeness (QED) is 0.260. The lowest BCUT2D eigenvalue weighted by Crippen LogP contribution is -2.28. The van der Waals surface area contributed by atoms with Crippen molar-refractivity contribution < 1.29 is 9.59 Å². The van der Waals surface area contributed by atoms with Gasteiger partial charge in [0.15, 0.2) is 11.0 Å². The number of carbonyl (C=O) groups is 2. The summed E-state index contributed by atoms with van der Waals surface area (Å²) in [5, 5.41) is 18.3. The zero-order valence-corrected chi connectivity index (χ0v) is 24.9. The van der Waals surface area contributed by atoms with Gasteiger partial charge in [0.25, 0.3) is 11.8 Å². The van der Waals surface area contributed by atoms with Crippen LogP contribution in [-0.2, 0) is 18.4 Å². The van der Waals surface area contributed by atoms with Crippen LogP contribution in [0.15, 0.2) is 87.5 Å². The molecule has 1 N–H and O–H groups in total. The summed E-state index contributed by atoms with van der Waals surface area (Å²) in [7, 11) is 1.83. The van der Waals surface area contributed by atoms with Gasteiger partial charge in [-0.05, 0) is 49.2 Å². The summed E-state index contributed by atoms with van der Waals surface area (Å²) in [6.07, 6.45) is 0.635. The fourth-order valence-corrected chi connectivity index (χ4v) is 5.52. The van der Waals surface area contributed by atoms with E-state index >= 15 is 0 Å². The molecule has 0 bridgehead atoms. The largest absolute Gasteiger partial charge is 0.345 e. The Morgan fingerprint density at radius 2 is 1.75 bits per heavy atom. The summed E-state index contributed by atoms with van der Waals surface area (Å²) in [5.74, 6) is 0.470. The van der Waals surface area contributed by atoms with Gasteiger partial charge in [-0.3, -0.25) is 9.59 Å². The Morgan fingerprint density at radius 1 is 1.00 bits per heavy atom. The van der Waals surface area contributed by atoms with E-state index in [0.717, 1.165) is 32.4 Å². The molecule has 2 amide bonds. The number of nitrogens with zero attached hydrogens (tertiary/aromatic N) is 5. The number of thioether (sulfide) groups is 1. The van der Waals surface area contributed by atoms with Crippen molar-refractivity contribution in [2.75, 3.05) is 5.75 Å². The maximum atomic E-state index is 13.5. The van der Waals surface area contributed by atoms with Crippen LogP contribution in [-0.4, -0.2) is 43.1 Å². The van der Waals surface area contributed by atoms with Crippen LogP contribution in [0.25, 0.3) is 0 Å². The van der Waals surface area contributed by atoms with Crippen molar-refractivity contribution in [3.63, 3.8) is 0 Å². The third kappa shape index (κ3) is 6.34. The molecule has 5 rings (SSSR count). The van der Waals surface area contributed by atoms with Crippen LogP contribution in [0.5, 0.6) is 0 Å². The van der Waals surface area contributed by atoms with Gasteiger partial charge >= 0.3 is 0 Å². The van der Waals surface area contributed by atoms with Crippen molar-refractivity contribution in [1.29, 1.82) is 0 Å². The molecule has 1 aliphatic rings. The van der Waals surface area contributed by atoms with E-state index in [4.69, 9.17) is 5.10 Å². The SMILES string of the molecule is Cc1ccc([C@@H]2CC(c3ccc(Br)cc3)=NN2C(=O)CSc2nnc(CNC(=O)c3cccc(C)c3)n2C)cc1. The van der Waals surface area contributed by atoms with Crippen molar-refractivity contribution in [1.82, 2.24) is 25.1 Å². The molecule has 2 heterocycles. The molecule has 1 aliphatic heterocycles. The molecule has 204 valence electrons. The average Bonchev–Trinajstić information content (AvgIpc) is 3.55. The maximum absolute atomic E-state index is 13.5. The van der Waals surface area contributed by atoms with Crippen molar-refractivity contribution in [3.05, 3.63) is 111 Å². The second-order valence-corrected chi connectivity index (χ2v) is 11.6. The van der Waals surface area contributed by atoms with Crippen LogP contribution in [0, 0.1) is 13.8 Å². The van der Waals surface area contributed by atoms with Crippen molar-refractivity contribution in [2.24, 2.45) is 12.1 Å². The highest BCUT2D eigenvalue weighted by Gasteiger charge is 2.33. The first-order valence-corrected chi connectivity index (χ1v) is 14.6. The molecule has 0 unspecified atom stereocenters. The van der Waals surface area contributed by atoms with E-state index in [0.29, 0.717) is 23.0 Å². The summed E-state index contributed by atoms with van der Waals surface area (Å²) in [4.78, 5) is 26.0. The van der Waals surface area contributed by atoms with Gasteiger partial charge < -0.3 is 9.88 Å². The molecule has 8 nitrogen and oxygen atoms in total. The number of aromatic nitrogens is 3. The minimum absolute atomic E-state index is 0.111. The topological polar surface area (TPSA) is 92.5 Å². The number of amides is 2. The molecule has 40 heavy (non-hydrogen) atoms. The van der Waals surface area contributed by atoms with E-state index in [1.165, 1.54) is 11.8 Å². The monoisotopic (exact) mass is 616 g/mol. The number of hydrogen-bond acceptors (Lipinski definition) is 6. The van der Waals surface area contributed by atoms with Crippen molar-refractivity contribution >= 4 is 45.2 Å². The highest BCUT2D eigenvalue weighted by Crippen LogP contribution is 2.34. The fourth-order valence-electron chi connectivity index (χ4n) is 4.47. The predicted octanol–water partition coefficient (Wildman–Crippen LogP) is 5.59. The summed E-state index contributed by atoms with van der Waals surface area (Å²) in [6, 6.07) is 23.5. The fraction of sp³-hybridized carbons (Fsp3) is 0.233. The second-order valence-electron chi connectivity index (χ2n) is 9.72. The predicted molar refractivity (Wildman–Crippen MR) is 160 cm³/mol. The number of hydrazone groups is 1. The number of carbonyl (C=O) groups excluding carboxylic acids is 2. The molecule has 0 spiro atoms. The normalized spacial score (nSPS) is 14.8. The molecule has 0 saturated heterocycles. The third-order valence-electron chi connectivity index (χ3n) is 6.74. The Bertz CT molecular complexity index is 1570. The first kappa shape index (κ1) is 27.8. The maximum Gasteiger partial charge on any atom is 0.253 e. The third-order valence-corrected chi connectivity index (χ3v) is 8.28. The number of halogens is 1. The van der Waals surface area contributed by atoms with Gasteiger partial charge in [0.2, 0.25) is 0 Å². The standard InChI is InChI=1S/C30H29BrN6O2S/c1-19-7-9-22(10-8-19)26-16-25(21-11-13-24(31)14-12-21)35-37(26)28(38)18-40-30-34-33-27(36(30)3)17-32-29(39)23-6-4-5-20(2)15-23/h4-15,26H,16-18H2,1-3H3,(H,32,39)/t26-/m0/s1.